The van der Waals surface area contributed by atoms with Crippen LogP contribution in [0.5, 0.6) is 0 Å². The largest absolute Gasteiger partial charge is 0.480 e. The Kier molecular flexibility index (Phi) is 4.80. The van der Waals surface area contributed by atoms with Crippen LogP contribution in [0, 0.1) is 0 Å². The Labute approximate surface area is 169 Å². The molecule has 3 aromatic rings. The van der Waals surface area contributed by atoms with Crippen LogP contribution in [-0.4, -0.2) is 49.9 Å². The van der Waals surface area contributed by atoms with Crippen molar-refractivity contribution in [2.24, 2.45) is 0 Å². The molecule has 0 saturated carbocycles. The number of amides is 3. The Morgan fingerprint density at radius 3 is 2.33 bits per heavy atom. The van der Waals surface area contributed by atoms with Gasteiger partial charge in [0.25, 0.3) is 11.8 Å². The van der Waals surface area contributed by atoms with Crippen LogP contribution in [0.4, 0.5) is 0 Å². The molecule has 3 amide bonds. The maximum absolute atomic E-state index is 12.7. The van der Waals surface area contributed by atoms with Gasteiger partial charge < -0.3 is 10.1 Å². The predicted octanol–water partition coefficient (Wildman–Crippen LogP) is 1.51. The van der Waals surface area contributed by atoms with Crippen molar-refractivity contribution in [2.45, 2.75) is 18.9 Å². The molecule has 0 saturated heterocycles. The van der Waals surface area contributed by atoms with Crippen LogP contribution in [0.15, 0.2) is 48.7 Å². The summed E-state index contributed by atoms with van der Waals surface area (Å²) >= 11 is 0. The summed E-state index contributed by atoms with van der Waals surface area (Å²) in [5.74, 6) is -3.09. The van der Waals surface area contributed by atoms with Crippen molar-refractivity contribution in [3.8, 4) is 0 Å². The Morgan fingerprint density at radius 1 is 1.07 bits per heavy atom. The summed E-state index contributed by atoms with van der Waals surface area (Å²) in [7, 11) is 0. The zero-order valence-corrected chi connectivity index (χ0v) is 15.6. The monoisotopic (exact) mass is 407 g/mol. The van der Waals surface area contributed by atoms with Crippen molar-refractivity contribution >= 4 is 34.6 Å². The number of benzene rings is 2. The lowest BCUT2D eigenvalue weighted by Gasteiger charge is -2.22. The third-order valence-corrected chi connectivity index (χ3v) is 5.16. The Bertz CT molecular complexity index is 1160. The molecule has 1 aromatic heterocycles. The molecule has 0 aliphatic carbocycles. The van der Waals surface area contributed by atoms with E-state index in [2.05, 4.69) is 4.98 Å². The van der Waals surface area contributed by atoms with Crippen LogP contribution < -0.4 is 5.48 Å². The number of nitrogens with one attached hydrogen (secondary N) is 2. The zero-order valence-electron chi connectivity index (χ0n) is 15.6. The van der Waals surface area contributed by atoms with Crippen LogP contribution in [0.25, 0.3) is 10.9 Å². The van der Waals surface area contributed by atoms with E-state index in [0.717, 1.165) is 4.90 Å². The van der Waals surface area contributed by atoms with Gasteiger partial charge >= 0.3 is 5.97 Å². The lowest BCUT2D eigenvalue weighted by atomic mass is 10.0. The molecule has 4 rings (SSSR count). The van der Waals surface area contributed by atoms with E-state index in [4.69, 9.17) is 5.21 Å². The number of rotatable bonds is 6. The Morgan fingerprint density at radius 2 is 1.73 bits per heavy atom. The summed E-state index contributed by atoms with van der Waals surface area (Å²) in [5.41, 5.74) is 3.89. The number of hydroxylamine groups is 1. The highest BCUT2D eigenvalue weighted by Gasteiger charge is 2.42. The molecule has 1 aliphatic heterocycles. The molecule has 1 aliphatic rings. The molecule has 0 unspecified atom stereocenters. The third kappa shape index (κ3) is 3.20. The summed E-state index contributed by atoms with van der Waals surface area (Å²) < 4.78 is 0. The fraction of sp³-hybridized carbons (Fsp3) is 0.143. The average molecular weight is 407 g/mol. The second kappa shape index (κ2) is 7.45. The number of H-pyrrole nitrogens is 1. The summed E-state index contributed by atoms with van der Waals surface area (Å²) in [6, 6.07) is 10.0. The van der Waals surface area contributed by atoms with Gasteiger partial charge in [-0.3, -0.25) is 24.5 Å². The van der Waals surface area contributed by atoms with E-state index in [9.17, 15) is 24.3 Å². The number of hydrogen-bond donors (Lipinski definition) is 4. The number of hydrogen-bond acceptors (Lipinski definition) is 5. The summed E-state index contributed by atoms with van der Waals surface area (Å²) in [6.45, 7) is 0. The molecular weight excluding hydrogens is 390 g/mol. The van der Waals surface area contributed by atoms with Crippen LogP contribution in [0.3, 0.4) is 0 Å². The minimum atomic E-state index is -1.36. The quantitative estimate of drug-likeness (QED) is 0.277. The van der Waals surface area contributed by atoms with Crippen molar-refractivity contribution in [2.75, 3.05) is 0 Å². The molecule has 0 bridgehead atoms. The molecule has 9 heteroatoms. The molecule has 2 heterocycles. The predicted molar refractivity (Wildman–Crippen MR) is 104 cm³/mol. The summed E-state index contributed by atoms with van der Waals surface area (Å²) in [4.78, 5) is 52.5. The fourth-order valence-corrected chi connectivity index (χ4v) is 3.73. The molecule has 30 heavy (non-hydrogen) atoms. The maximum Gasteiger partial charge on any atom is 0.327 e. The Hall–Kier alpha value is -3.98. The standard InChI is InChI=1S/C21H17N3O6/c25-18(23-30)8-11-5-6-13-12(10-22-16(13)7-11)9-17(21(28)29)24-19(26)14-3-1-2-4-15(14)20(24)27/h1-7,10,17,22,30H,8-9H2,(H,23,25)(H,28,29)/t17-/m0/s1. The van der Waals surface area contributed by atoms with Crippen molar-refractivity contribution in [1.29, 1.82) is 0 Å². The summed E-state index contributed by atoms with van der Waals surface area (Å²) in [5, 5.41) is 19.1. The van der Waals surface area contributed by atoms with Crippen molar-refractivity contribution in [1.82, 2.24) is 15.4 Å². The van der Waals surface area contributed by atoms with Gasteiger partial charge in [-0.2, -0.15) is 0 Å². The van der Waals surface area contributed by atoms with Gasteiger partial charge in [-0.1, -0.05) is 24.3 Å². The fourth-order valence-electron chi connectivity index (χ4n) is 3.73. The van der Waals surface area contributed by atoms with Crippen molar-refractivity contribution in [3.05, 3.63) is 70.9 Å². The number of carboxylic acid groups (broad SMARTS) is 1. The molecule has 1 atom stereocenters. The van der Waals surface area contributed by atoms with E-state index in [-0.39, 0.29) is 24.0 Å². The van der Waals surface area contributed by atoms with E-state index < -0.39 is 29.7 Å². The van der Waals surface area contributed by atoms with Crippen LogP contribution in [0.1, 0.15) is 31.8 Å². The Balaban J connectivity index is 1.64. The smallest absolute Gasteiger partial charge is 0.327 e. The van der Waals surface area contributed by atoms with Crippen LogP contribution >= 0.6 is 0 Å². The van der Waals surface area contributed by atoms with E-state index >= 15 is 0 Å². The highest BCUT2D eigenvalue weighted by molar-refractivity contribution is 6.22. The number of fused-ring (bicyclic) bond motifs is 2. The molecule has 2 aromatic carbocycles. The van der Waals surface area contributed by atoms with Gasteiger partial charge in [-0.25, -0.2) is 10.3 Å². The van der Waals surface area contributed by atoms with E-state index in [1.165, 1.54) is 12.1 Å². The van der Waals surface area contributed by atoms with E-state index in [0.29, 0.717) is 22.0 Å². The molecule has 4 N–H and O–H groups in total. The molecule has 0 radical (unpaired) electrons. The van der Waals surface area contributed by atoms with Gasteiger partial charge in [0.1, 0.15) is 6.04 Å². The van der Waals surface area contributed by atoms with E-state index in [1.54, 1.807) is 42.0 Å². The normalized spacial score (nSPS) is 14.1. The minimum Gasteiger partial charge on any atom is -0.480 e. The number of aromatic amines is 1. The highest BCUT2D eigenvalue weighted by Crippen LogP contribution is 2.28. The number of carbonyl (C=O) groups excluding carboxylic acids is 3. The van der Waals surface area contributed by atoms with Crippen molar-refractivity contribution < 1.29 is 29.5 Å². The van der Waals surface area contributed by atoms with Gasteiger partial charge in [0.15, 0.2) is 0 Å². The van der Waals surface area contributed by atoms with E-state index in [1.807, 2.05) is 0 Å². The lowest BCUT2D eigenvalue weighted by molar-refractivity contribution is -0.141. The first-order valence-corrected chi connectivity index (χ1v) is 9.12. The van der Waals surface area contributed by atoms with Crippen LogP contribution in [0.2, 0.25) is 0 Å². The molecule has 9 nitrogen and oxygen atoms in total. The molecule has 152 valence electrons. The molecular formula is C21H17N3O6. The lowest BCUT2D eigenvalue weighted by Crippen LogP contribution is -2.46. The number of aliphatic carboxylic acids is 1. The van der Waals surface area contributed by atoms with Gasteiger partial charge in [0.05, 0.1) is 17.5 Å². The van der Waals surface area contributed by atoms with Gasteiger partial charge in [0, 0.05) is 23.5 Å². The summed E-state index contributed by atoms with van der Waals surface area (Å²) in [6.07, 6.45) is 1.53. The SMILES string of the molecule is O=C(Cc1ccc2c(C[C@@H](C(=O)O)N3C(=O)c4ccccc4C3=O)c[nH]c2c1)NO. The average Bonchev–Trinajstić information content (AvgIpc) is 3.25. The van der Waals surface area contributed by atoms with Crippen LogP contribution in [-0.2, 0) is 22.4 Å². The zero-order chi connectivity index (χ0) is 21.4. The third-order valence-electron chi connectivity index (χ3n) is 5.16. The first kappa shape index (κ1) is 19.3. The second-order valence-corrected chi connectivity index (χ2v) is 6.99. The van der Waals surface area contributed by atoms with Crippen molar-refractivity contribution in [3.63, 3.8) is 0 Å². The van der Waals surface area contributed by atoms with Gasteiger partial charge in [-0.15, -0.1) is 0 Å². The first-order chi connectivity index (χ1) is 14.4. The molecule has 0 fully saturated rings. The number of nitrogens with zero attached hydrogens (tertiary/aromatic N) is 1. The minimum absolute atomic E-state index is 0.0203. The molecule has 0 spiro atoms. The highest BCUT2D eigenvalue weighted by atomic mass is 16.5. The number of imide groups is 1. The second-order valence-electron chi connectivity index (χ2n) is 6.99. The number of aromatic nitrogens is 1. The van der Waals surface area contributed by atoms with Gasteiger partial charge in [-0.05, 0) is 29.3 Å². The number of carboxylic acids is 1. The maximum atomic E-state index is 12.7. The van der Waals surface area contributed by atoms with Gasteiger partial charge in [0.2, 0.25) is 5.91 Å². The number of carbonyl (C=O) groups is 4. The first-order valence-electron chi connectivity index (χ1n) is 9.12. The topological polar surface area (TPSA) is 140 Å².